The SMILES string of the molecule is CC(C)n1ncnc1CC(N)C1CCCc2ccccc21. The number of nitrogens with two attached hydrogens (primary N) is 1. The molecule has 2 atom stereocenters. The van der Waals surface area contributed by atoms with Crippen LogP contribution in [0.4, 0.5) is 0 Å². The lowest BCUT2D eigenvalue weighted by Crippen LogP contribution is -2.34. The lowest BCUT2D eigenvalue weighted by Gasteiger charge is -2.30. The molecule has 0 fully saturated rings. The van der Waals surface area contributed by atoms with Gasteiger partial charge in [0.25, 0.3) is 0 Å². The molecule has 1 heterocycles. The van der Waals surface area contributed by atoms with Crippen LogP contribution in [0.3, 0.4) is 0 Å². The van der Waals surface area contributed by atoms with E-state index in [-0.39, 0.29) is 6.04 Å². The molecule has 0 radical (unpaired) electrons. The molecule has 1 aromatic heterocycles. The van der Waals surface area contributed by atoms with Crippen molar-refractivity contribution in [2.75, 3.05) is 0 Å². The molecule has 21 heavy (non-hydrogen) atoms. The van der Waals surface area contributed by atoms with E-state index in [1.807, 2.05) is 4.68 Å². The van der Waals surface area contributed by atoms with Gasteiger partial charge in [0, 0.05) is 18.5 Å². The normalized spacial score (nSPS) is 19.5. The smallest absolute Gasteiger partial charge is 0.138 e. The molecule has 112 valence electrons. The van der Waals surface area contributed by atoms with Gasteiger partial charge in [0.15, 0.2) is 0 Å². The van der Waals surface area contributed by atoms with Crippen molar-refractivity contribution in [2.45, 2.75) is 57.5 Å². The molecule has 1 aliphatic carbocycles. The fourth-order valence-electron chi connectivity index (χ4n) is 3.44. The van der Waals surface area contributed by atoms with Crippen LogP contribution in [0.25, 0.3) is 0 Å². The molecule has 2 aromatic rings. The average Bonchev–Trinajstić information content (AvgIpc) is 2.95. The Morgan fingerprint density at radius 3 is 2.95 bits per heavy atom. The Morgan fingerprint density at radius 2 is 2.14 bits per heavy atom. The topological polar surface area (TPSA) is 56.7 Å². The molecule has 4 nitrogen and oxygen atoms in total. The Morgan fingerprint density at radius 1 is 1.33 bits per heavy atom. The summed E-state index contributed by atoms with van der Waals surface area (Å²) in [5.41, 5.74) is 9.45. The first-order valence-corrected chi connectivity index (χ1v) is 7.88. The van der Waals surface area contributed by atoms with Crippen molar-refractivity contribution in [3.05, 3.63) is 47.5 Å². The summed E-state index contributed by atoms with van der Waals surface area (Å²) in [6.07, 6.45) is 6.01. The summed E-state index contributed by atoms with van der Waals surface area (Å²) in [4.78, 5) is 4.40. The second-order valence-corrected chi connectivity index (χ2v) is 6.28. The zero-order chi connectivity index (χ0) is 14.8. The maximum absolute atomic E-state index is 6.54. The summed E-state index contributed by atoms with van der Waals surface area (Å²) in [5.74, 6) is 1.44. The minimum atomic E-state index is 0.105. The molecule has 0 spiro atoms. The van der Waals surface area contributed by atoms with E-state index in [0.717, 1.165) is 12.2 Å². The van der Waals surface area contributed by atoms with Gasteiger partial charge in [-0.05, 0) is 50.2 Å². The summed E-state index contributed by atoms with van der Waals surface area (Å²) in [6.45, 7) is 4.25. The second kappa shape index (κ2) is 5.98. The van der Waals surface area contributed by atoms with Crippen molar-refractivity contribution < 1.29 is 0 Å². The summed E-state index contributed by atoms with van der Waals surface area (Å²) in [6, 6.07) is 9.17. The highest BCUT2D eigenvalue weighted by Gasteiger charge is 2.26. The number of fused-ring (bicyclic) bond motifs is 1. The largest absolute Gasteiger partial charge is 0.327 e. The van der Waals surface area contributed by atoms with E-state index >= 15 is 0 Å². The maximum atomic E-state index is 6.54. The first-order chi connectivity index (χ1) is 10.2. The molecule has 0 amide bonds. The molecule has 0 saturated heterocycles. The Hall–Kier alpha value is -1.68. The van der Waals surface area contributed by atoms with Crippen molar-refractivity contribution in [1.29, 1.82) is 0 Å². The summed E-state index contributed by atoms with van der Waals surface area (Å²) in [5, 5.41) is 4.31. The minimum Gasteiger partial charge on any atom is -0.327 e. The molecule has 1 aliphatic rings. The Kier molecular flexibility index (Phi) is 4.06. The fraction of sp³-hybridized carbons (Fsp3) is 0.529. The molecular formula is C17H24N4. The first-order valence-electron chi connectivity index (χ1n) is 7.88. The fourth-order valence-corrected chi connectivity index (χ4v) is 3.44. The van der Waals surface area contributed by atoms with Crippen LogP contribution in [0, 0.1) is 0 Å². The molecule has 0 aliphatic heterocycles. The van der Waals surface area contributed by atoms with Gasteiger partial charge in [-0.15, -0.1) is 0 Å². The third-order valence-corrected chi connectivity index (χ3v) is 4.49. The molecule has 0 saturated carbocycles. The monoisotopic (exact) mass is 284 g/mol. The van der Waals surface area contributed by atoms with Gasteiger partial charge in [-0.1, -0.05) is 24.3 Å². The lowest BCUT2D eigenvalue weighted by molar-refractivity contribution is 0.432. The van der Waals surface area contributed by atoms with Gasteiger partial charge < -0.3 is 5.73 Å². The molecular weight excluding hydrogens is 260 g/mol. The predicted octanol–water partition coefficient (Wildman–Crippen LogP) is 2.85. The minimum absolute atomic E-state index is 0.105. The van der Waals surface area contributed by atoms with Crippen LogP contribution in [-0.4, -0.2) is 20.8 Å². The predicted molar refractivity (Wildman–Crippen MR) is 84.2 cm³/mol. The van der Waals surface area contributed by atoms with Crippen molar-refractivity contribution in [3.8, 4) is 0 Å². The van der Waals surface area contributed by atoms with Crippen LogP contribution in [0.2, 0.25) is 0 Å². The van der Waals surface area contributed by atoms with Gasteiger partial charge >= 0.3 is 0 Å². The number of aromatic nitrogens is 3. The van der Waals surface area contributed by atoms with E-state index in [2.05, 4.69) is 48.2 Å². The highest BCUT2D eigenvalue weighted by Crippen LogP contribution is 2.34. The van der Waals surface area contributed by atoms with E-state index in [9.17, 15) is 0 Å². The van der Waals surface area contributed by atoms with Crippen LogP contribution in [0.5, 0.6) is 0 Å². The highest BCUT2D eigenvalue weighted by molar-refractivity contribution is 5.33. The highest BCUT2D eigenvalue weighted by atomic mass is 15.3. The average molecular weight is 284 g/mol. The standard InChI is InChI=1S/C17H24N4/c1-12(2)21-17(19-11-20-21)10-16(18)15-9-5-7-13-6-3-4-8-14(13)15/h3-4,6,8,11-12,15-16H,5,7,9-10,18H2,1-2H3. The van der Waals surface area contributed by atoms with Gasteiger partial charge in [0.05, 0.1) is 0 Å². The number of aryl methyl sites for hydroxylation is 1. The number of nitrogens with zero attached hydrogens (tertiary/aromatic N) is 3. The zero-order valence-corrected chi connectivity index (χ0v) is 12.9. The molecule has 1 aromatic carbocycles. The molecule has 0 bridgehead atoms. The van der Waals surface area contributed by atoms with Crippen LogP contribution in [0.1, 0.15) is 55.6 Å². The van der Waals surface area contributed by atoms with E-state index in [4.69, 9.17) is 5.73 Å². The van der Waals surface area contributed by atoms with Crippen molar-refractivity contribution in [2.24, 2.45) is 5.73 Å². The molecule has 2 unspecified atom stereocenters. The third kappa shape index (κ3) is 2.86. The zero-order valence-electron chi connectivity index (χ0n) is 12.9. The van der Waals surface area contributed by atoms with Gasteiger partial charge in [-0.2, -0.15) is 5.10 Å². The first kappa shape index (κ1) is 14.3. The van der Waals surface area contributed by atoms with Gasteiger partial charge in [0.2, 0.25) is 0 Å². The van der Waals surface area contributed by atoms with Crippen molar-refractivity contribution >= 4 is 0 Å². The number of hydrogen-bond donors (Lipinski definition) is 1. The van der Waals surface area contributed by atoms with Gasteiger partial charge in [0.1, 0.15) is 12.2 Å². The quantitative estimate of drug-likeness (QED) is 0.939. The van der Waals surface area contributed by atoms with Crippen LogP contribution >= 0.6 is 0 Å². The van der Waals surface area contributed by atoms with Crippen LogP contribution < -0.4 is 5.73 Å². The van der Waals surface area contributed by atoms with Gasteiger partial charge in [-0.3, -0.25) is 0 Å². The second-order valence-electron chi connectivity index (χ2n) is 6.28. The van der Waals surface area contributed by atoms with Crippen molar-refractivity contribution in [3.63, 3.8) is 0 Å². The molecule has 2 N–H and O–H groups in total. The Bertz CT molecular complexity index is 602. The van der Waals surface area contributed by atoms with E-state index in [1.54, 1.807) is 6.33 Å². The van der Waals surface area contributed by atoms with Gasteiger partial charge in [-0.25, -0.2) is 9.67 Å². The number of rotatable bonds is 4. The van der Waals surface area contributed by atoms with E-state index in [1.165, 1.54) is 30.4 Å². The van der Waals surface area contributed by atoms with E-state index in [0.29, 0.717) is 12.0 Å². The summed E-state index contributed by atoms with van der Waals surface area (Å²) >= 11 is 0. The molecule has 3 rings (SSSR count). The number of hydrogen-bond acceptors (Lipinski definition) is 3. The Labute approximate surface area is 126 Å². The third-order valence-electron chi connectivity index (χ3n) is 4.49. The summed E-state index contributed by atoms with van der Waals surface area (Å²) in [7, 11) is 0. The number of benzene rings is 1. The Balaban J connectivity index is 1.80. The summed E-state index contributed by atoms with van der Waals surface area (Å²) < 4.78 is 1.98. The van der Waals surface area contributed by atoms with Crippen LogP contribution in [-0.2, 0) is 12.8 Å². The van der Waals surface area contributed by atoms with E-state index < -0.39 is 0 Å². The lowest BCUT2D eigenvalue weighted by atomic mass is 9.78. The maximum Gasteiger partial charge on any atom is 0.138 e. The van der Waals surface area contributed by atoms with Crippen molar-refractivity contribution in [1.82, 2.24) is 14.8 Å². The molecule has 4 heteroatoms. The van der Waals surface area contributed by atoms with Crippen LogP contribution in [0.15, 0.2) is 30.6 Å².